The smallest absolute Gasteiger partial charge is 0.195 e. The molecule has 0 atom stereocenters. The van der Waals surface area contributed by atoms with Crippen LogP contribution in [0.2, 0.25) is 0 Å². The summed E-state index contributed by atoms with van der Waals surface area (Å²) in [6.45, 7) is 1.07. The number of rotatable bonds is 2. The van der Waals surface area contributed by atoms with Gasteiger partial charge in [0.2, 0.25) is 0 Å². The van der Waals surface area contributed by atoms with Gasteiger partial charge in [0, 0.05) is 30.0 Å². The fourth-order valence-corrected chi connectivity index (χ4v) is 4.57. The SMILES string of the molecule is O=S1(=O)CCN(c2nc3sccn3c2CBr)CC1. The molecule has 98 valence electrons. The summed E-state index contributed by atoms with van der Waals surface area (Å²) >= 11 is 5.07. The second kappa shape index (κ2) is 4.50. The summed E-state index contributed by atoms with van der Waals surface area (Å²) in [5.74, 6) is 1.36. The van der Waals surface area contributed by atoms with E-state index in [2.05, 4.69) is 30.2 Å². The summed E-state index contributed by atoms with van der Waals surface area (Å²) < 4.78 is 24.9. The molecule has 0 unspecified atom stereocenters. The third-order valence-electron chi connectivity index (χ3n) is 3.11. The highest BCUT2D eigenvalue weighted by Gasteiger charge is 2.25. The van der Waals surface area contributed by atoms with Crippen LogP contribution in [0.25, 0.3) is 4.96 Å². The second-order valence-electron chi connectivity index (χ2n) is 4.21. The first-order chi connectivity index (χ1) is 8.61. The first kappa shape index (κ1) is 12.4. The highest BCUT2D eigenvalue weighted by Crippen LogP contribution is 2.27. The Kier molecular flexibility index (Phi) is 3.11. The van der Waals surface area contributed by atoms with Crippen molar-refractivity contribution < 1.29 is 8.42 Å². The maximum absolute atomic E-state index is 11.4. The molecule has 1 saturated heterocycles. The highest BCUT2D eigenvalue weighted by molar-refractivity contribution is 9.08. The average Bonchev–Trinajstić information content (AvgIpc) is 2.88. The molecule has 2 aromatic rings. The third-order valence-corrected chi connectivity index (χ3v) is 6.01. The molecule has 1 aliphatic heterocycles. The average molecular weight is 350 g/mol. The number of hydrogen-bond donors (Lipinski definition) is 0. The van der Waals surface area contributed by atoms with Crippen LogP contribution in [0.4, 0.5) is 5.82 Å². The molecule has 0 spiro atoms. The van der Waals surface area contributed by atoms with Gasteiger partial charge in [-0.05, 0) is 0 Å². The summed E-state index contributed by atoms with van der Waals surface area (Å²) in [5.41, 5.74) is 1.09. The van der Waals surface area contributed by atoms with E-state index in [0.29, 0.717) is 18.4 Å². The number of fused-ring (bicyclic) bond motifs is 1. The van der Waals surface area contributed by atoms with E-state index in [-0.39, 0.29) is 11.5 Å². The van der Waals surface area contributed by atoms with Gasteiger partial charge in [0.1, 0.15) is 0 Å². The molecule has 3 rings (SSSR count). The number of sulfone groups is 1. The van der Waals surface area contributed by atoms with Crippen molar-refractivity contribution in [1.29, 1.82) is 0 Å². The Balaban J connectivity index is 1.97. The lowest BCUT2D eigenvalue weighted by Crippen LogP contribution is -2.40. The molecule has 0 amide bonds. The van der Waals surface area contributed by atoms with Gasteiger partial charge in [-0.2, -0.15) is 0 Å². The van der Waals surface area contributed by atoms with Crippen LogP contribution in [0.15, 0.2) is 11.6 Å². The standard InChI is InChI=1S/C10H12BrN3O2S2/c11-7-8-9(12-10-14(8)1-4-17-10)13-2-5-18(15,16)6-3-13/h1,4H,2-3,5-7H2. The molecular weight excluding hydrogens is 338 g/mol. The van der Waals surface area contributed by atoms with Crippen LogP contribution >= 0.6 is 27.3 Å². The fourth-order valence-electron chi connectivity index (χ4n) is 2.12. The van der Waals surface area contributed by atoms with Crippen LogP contribution < -0.4 is 4.90 Å². The summed E-state index contributed by atoms with van der Waals surface area (Å²) in [5, 5.41) is 2.71. The minimum atomic E-state index is -2.85. The maximum atomic E-state index is 11.4. The Morgan fingerprint density at radius 3 is 2.78 bits per heavy atom. The number of nitrogens with zero attached hydrogens (tertiary/aromatic N) is 3. The number of hydrogen-bond acceptors (Lipinski definition) is 5. The van der Waals surface area contributed by atoms with Gasteiger partial charge in [0.25, 0.3) is 0 Å². The van der Waals surface area contributed by atoms with E-state index in [9.17, 15) is 8.42 Å². The van der Waals surface area contributed by atoms with Crippen LogP contribution in [0.1, 0.15) is 5.69 Å². The highest BCUT2D eigenvalue weighted by atomic mass is 79.9. The van der Waals surface area contributed by atoms with E-state index in [1.54, 1.807) is 11.3 Å². The van der Waals surface area contributed by atoms with Crippen LogP contribution in [0, 0.1) is 0 Å². The van der Waals surface area contributed by atoms with Crippen molar-refractivity contribution in [3.05, 3.63) is 17.3 Å². The molecule has 8 heteroatoms. The zero-order valence-electron chi connectivity index (χ0n) is 9.54. The molecule has 2 aromatic heterocycles. The van der Waals surface area contributed by atoms with Crippen molar-refractivity contribution in [3.8, 4) is 0 Å². The number of halogens is 1. The lowest BCUT2D eigenvalue weighted by Gasteiger charge is -2.27. The zero-order valence-corrected chi connectivity index (χ0v) is 12.8. The Bertz CT molecular complexity index is 662. The number of alkyl halides is 1. The maximum Gasteiger partial charge on any atom is 0.195 e. The van der Waals surface area contributed by atoms with Gasteiger partial charge < -0.3 is 4.90 Å². The lowest BCUT2D eigenvalue weighted by molar-refractivity contribution is 0.586. The van der Waals surface area contributed by atoms with Crippen molar-refractivity contribution in [2.45, 2.75) is 5.33 Å². The van der Waals surface area contributed by atoms with E-state index >= 15 is 0 Å². The van der Waals surface area contributed by atoms with Crippen molar-refractivity contribution in [1.82, 2.24) is 9.38 Å². The Morgan fingerprint density at radius 1 is 1.39 bits per heavy atom. The summed E-state index contributed by atoms with van der Waals surface area (Å²) in [4.78, 5) is 7.62. The number of thiazole rings is 1. The van der Waals surface area contributed by atoms with Gasteiger partial charge in [0.05, 0.1) is 17.2 Å². The van der Waals surface area contributed by atoms with Crippen LogP contribution in [-0.4, -0.2) is 42.4 Å². The van der Waals surface area contributed by atoms with E-state index in [0.717, 1.165) is 16.5 Å². The second-order valence-corrected chi connectivity index (χ2v) is 7.95. The Morgan fingerprint density at radius 2 is 2.11 bits per heavy atom. The van der Waals surface area contributed by atoms with Crippen molar-refractivity contribution >= 4 is 47.9 Å². The molecule has 0 aromatic carbocycles. The van der Waals surface area contributed by atoms with Crippen LogP contribution in [-0.2, 0) is 15.2 Å². The van der Waals surface area contributed by atoms with Crippen molar-refractivity contribution in [2.24, 2.45) is 0 Å². The first-order valence-electron chi connectivity index (χ1n) is 5.56. The van der Waals surface area contributed by atoms with E-state index in [1.807, 2.05) is 11.6 Å². The molecule has 0 bridgehead atoms. The molecule has 1 aliphatic rings. The normalized spacial score (nSPS) is 19.5. The van der Waals surface area contributed by atoms with Gasteiger partial charge in [-0.3, -0.25) is 4.40 Å². The van der Waals surface area contributed by atoms with E-state index in [4.69, 9.17) is 0 Å². The van der Waals surface area contributed by atoms with Crippen LogP contribution in [0.5, 0.6) is 0 Å². The third kappa shape index (κ3) is 2.06. The van der Waals surface area contributed by atoms with E-state index in [1.165, 1.54) is 0 Å². The predicted molar refractivity (Wildman–Crippen MR) is 76.6 cm³/mol. The molecule has 18 heavy (non-hydrogen) atoms. The van der Waals surface area contributed by atoms with Gasteiger partial charge in [-0.1, -0.05) is 15.9 Å². The van der Waals surface area contributed by atoms with Crippen LogP contribution in [0.3, 0.4) is 0 Å². The Labute approximate surface area is 117 Å². The van der Waals surface area contributed by atoms with Crippen molar-refractivity contribution in [2.75, 3.05) is 29.5 Å². The molecule has 1 fully saturated rings. The molecule has 0 radical (unpaired) electrons. The molecule has 0 saturated carbocycles. The first-order valence-corrected chi connectivity index (χ1v) is 9.39. The van der Waals surface area contributed by atoms with Gasteiger partial charge >= 0.3 is 0 Å². The molecular formula is C10H12BrN3O2S2. The molecule has 0 aliphatic carbocycles. The zero-order chi connectivity index (χ0) is 12.8. The minimum Gasteiger partial charge on any atom is -0.353 e. The topological polar surface area (TPSA) is 54.7 Å². The number of aromatic nitrogens is 2. The summed E-state index contributed by atoms with van der Waals surface area (Å²) in [7, 11) is -2.85. The lowest BCUT2D eigenvalue weighted by atomic mass is 10.4. The number of anilines is 1. The summed E-state index contributed by atoms with van der Waals surface area (Å²) in [6, 6.07) is 0. The molecule has 0 N–H and O–H groups in total. The monoisotopic (exact) mass is 349 g/mol. The summed E-state index contributed by atoms with van der Waals surface area (Å²) in [6.07, 6.45) is 1.99. The number of imidazole rings is 1. The van der Waals surface area contributed by atoms with Gasteiger partial charge in [0.15, 0.2) is 20.6 Å². The quantitative estimate of drug-likeness (QED) is 0.771. The minimum absolute atomic E-state index is 0.222. The molecule has 3 heterocycles. The molecule has 5 nitrogen and oxygen atoms in total. The van der Waals surface area contributed by atoms with E-state index < -0.39 is 9.84 Å². The van der Waals surface area contributed by atoms with Gasteiger partial charge in [-0.15, -0.1) is 11.3 Å². The van der Waals surface area contributed by atoms with Crippen molar-refractivity contribution in [3.63, 3.8) is 0 Å². The predicted octanol–water partition coefficient (Wildman–Crippen LogP) is 1.53. The Hall–Kier alpha value is -0.600. The van der Waals surface area contributed by atoms with Gasteiger partial charge in [-0.25, -0.2) is 13.4 Å². The largest absolute Gasteiger partial charge is 0.353 e. The fraction of sp³-hybridized carbons (Fsp3) is 0.500.